The molecule has 0 bridgehead atoms. The van der Waals surface area contributed by atoms with Crippen LogP contribution < -0.4 is 9.62 Å². The largest absolute Gasteiger partial charge is 0.325 e. The van der Waals surface area contributed by atoms with Crippen molar-refractivity contribution in [3.63, 3.8) is 0 Å². The Balaban J connectivity index is 2.21. The SMILES string of the molecule is CCc1ccc(NC(=O)CN(c2ccccc2CC)S(C)(=O)=O)cc1. The van der Waals surface area contributed by atoms with Gasteiger partial charge < -0.3 is 5.32 Å². The van der Waals surface area contributed by atoms with E-state index in [1.54, 1.807) is 12.1 Å². The lowest BCUT2D eigenvalue weighted by molar-refractivity contribution is -0.114. The smallest absolute Gasteiger partial charge is 0.245 e. The van der Waals surface area contributed by atoms with Gasteiger partial charge in [-0.15, -0.1) is 0 Å². The molecule has 0 spiro atoms. The number of sulfonamides is 1. The molecule has 0 saturated carbocycles. The fraction of sp³-hybridized carbons (Fsp3) is 0.316. The third-order valence-corrected chi connectivity index (χ3v) is 5.10. The molecule has 0 heterocycles. The first-order valence-electron chi connectivity index (χ1n) is 8.29. The molecular weight excluding hydrogens is 336 g/mol. The molecule has 2 rings (SSSR count). The molecule has 0 aromatic heterocycles. The summed E-state index contributed by atoms with van der Waals surface area (Å²) in [5.41, 5.74) is 3.25. The van der Waals surface area contributed by atoms with Gasteiger partial charge in [0.1, 0.15) is 6.54 Å². The standard InChI is InChI=1S/C19H24N2O3S/c1-4-15-10-12-17(13-11-15)20-19(22)14-21(25(3,23)24)18-9-7-6-8-16(18)5-2/h6-13H,4-5,14H2,1-3H3,(H,20,22). The topological polar surface area (TPSA) is 66.5 Å². The molecular formula is C19H24N2O3S. The minimum absolute atomic E-state index is 0.259. The minimum atomic E-state index is -3.58. The van der Waals surface area contributed by atoms with E-state index in [0.717, 1.165) is 22.5 Å². The van der Waals surface area contributed by atoms with Gasteiger partial charge in [-0.25, -0.2) is 8.42 Å². The third kappa shape index (κ3) is 5.06. The van der Waals surface area contributed by atoms with E-state index in [9.17, 15) is 13.2 Å². The zero-order valence-electron chi connectivity index (χ0n) is 14.8. The van der Waals surface area contributed by atoms with Gasteiger partial charge in [0.2, 0.25) is 15.9 Å². The molecule has 6 heteroatoms. The van der Waals surface area contributed by atoms with E-state index in [0.29, 0.717) is 17.8 Å². The third-order valence-electron chi connectivity index (χ3n) is 3.97. The number of rotatable bonds is 7. The van der Waals surface area contributed by atoms with Crippen LogP contribution >= 0.6 is 0 Å². The Hall–Kier alpha value is -2.34. The van der Waals surface area contributed by atoms with Crippen LogP contribution in [-0.2, 0) is 27.7 Å². The van der Waals surface area contributed by atoms with Gasteiger partial charge in [0.25, 0.3) is 0 Å². The Labute approximate surface area is 149 Å². The number of nitrogens with zero attached hydrogens (tertiary/aromatic N) is 1. The molecule has 0 aliphatic heterocycles. The van der Waals surface area contributed by atoms with Gasteiger partial charge >= 0.3 is 0 Å². The molecule has 0 fully saturated rings. The van der Waals surface area contributed by atoms with E-state index < -0.39 is 10.0 Å². The predicted octanol–water partition coefficient (Wildman–Crippen LogP) is 3.22. The summed E-state index contributed by atoms with van der Waals surface area (Å²) in [4.78, 5) is 12.4. The summed E-state index contributed by atoms with van der Waals surface area (Å²) in [5, 5.41) is 2.76. The van der Waals surface area contributed by atoms with E-state index in [1.807, 2.05) is 43.3 Å². The Bertz CT molecular complexity index is 830. The Morgan fingerprint density at radius 1 is 1.00 bits per heavy atom. The molecule has 0 radical (unpaired) electrons. The Kier molecular flexibility index (Phi) is 6.20. The van der Waals surface area contributed by atoms with E-state index >= 15 is 0 Å². The highest BCUT2D eigenvalue weighted by Crippen LogP contribution is 2.23. The number of benzene rings is 2. The number of hydrogen-bond acceptors (Lipinski definition) is 3. The van der Waals surface area contributed by atoms with Crippen LogP contribution in [0.25, 0.3) is 0 Å². The number of aryl methyl sites for hydroxylation is 2. The molecule has 0 aliphatic rings. The molecule has 0 atom stereocenters. The maximum atomic E-state index is 12.4. The second-order valence-corrected chi connectivity index (χ2v) is 7.76. The van der Waals surface area contributed by atoms with Gasteiger partial charge in [0.15, 0.2) is 0 Å². The van der Waals surface area contributed by atoms with Crippen molar-refractivity contribution >= 4 is 27.3 Å². The van der Waals surface area contributed by atoms with Crippen LogP contribution in [0.1, 0.15) is 25.0 Å². The molecule has 1 N–H and O–H groups in total. The monoisotopic (exact) mass is 360 g/mol. The zero-order valence-corrected chi connectivity index (χ0v) is 15.6. The molecule has 0 saturated heterocycles. The number of carbonyl (C=O) groups excluding carboxylic acids is 1. The number of para-hydroxylation sites is 1. The van der Waals surface area contributed by atoms with Gasteiger partial charge in [0.05, 0.1) is 11.9 Å². The van der Waals surface area contributed by atoms with Crippen molar-refractivity contribution in [2.24, 2.45) is 0 Å². The van der Waals surface area contributed by atoms with Crippen LogP contribution in [0.2, 0.25) is 0 Å². The normalized spacial score (nSPS) is 11.2. The molecule has 5 nitrogen and oxygen atoms in total. The second kappa shape index (κ2) is 8.16. The summed E-state index contributed by atoms with van der Waals surface area (Å²) >= 11 is 0. The summed E-state index contributed by atoms with van der Waals surface area (Å²) in [6, 6.07) is 14.7. The predicted molar refractivity (Wildman–Crippen MR) is 102 cm³/mol. The average Bonchev–Trinajstić information content (AvgIpc) is 2.59. The van der Waals surface area contributed by atoms with Crippen molar-refractivity contribution < 1.29 is 13.2 Å². The molecule has 0 aliphatic carbocycles. The number of carbonyl (C=O) groups is 1. The van der Waals surface area contributed by atoms with Crippen molar-refractivity contribution in [1.29, 1.82) is 0 Å². The van der Waals surface area contributed by atoms with Crippen molar-refractivity contribution in [3.05, 3.63) is 59.7 Å². The lowest BCUT2D eigenvalue weighted by atomic mass is 10.1. The van der Waals surface area contributed by atoms with E-state index in [4.69, 9.17) is 0 Å². The molecule has 2 aromatic rings. The fourth-order valence-electron chi connectivity index (χ4n) is 2.59. The number of nitrogens with one attached hydrogen (secondary N) is 1. The highest BCUT2D eigenvalue weighted by molar-refractivity contribution is 7.92. The van der Waals surface area contributed by atoms with Crippen LogP contribution in [0.3, 0.4) is 0 Å². The van der Waals surface area contributed by atoms with Crippen LogP contribution in [0.4, 0.5) is 11.4 Å². The van der Waals surface area contributed by atoms with Gasteiger partial charge in [-0.2, -0.15) is 0 Å². The average molecular weight is 360 g/mol. The van der Waals surface area contributed by atoms with E-state index in [-0.39, 0.29) is 12.5 Å². The van der Waals surface area contributed by atoms with Crippen molar-refractivity contribution in [2.75, 3.05) is 22.4 Å². The molecule has 25 heavy (non-hydrogen) atoms. The van der Waals surface area contributed by atoms with Crippen molar-refractivity contribution in [3.8, 4) is 0 Å². The molecule has 1 amide bonds. The fourth-order valence-corrected chi connectivity index (χ4v) is 3.48. The first-order chi connectivity index (χ1) is 11.8. The van der Waals surface area contributed by atoms with Crippen molar-refractivity contribution in [1.82, 2.24) is 0 Å². The lowest BCUT2D eigenvalue weighted by Crippen LogP contribution is -2.38. The first-order valence-corrected chi connectivity index (χ1v) is 10.1. The first kappa shape index (κ1) is 19.0. The summed E-state index contributed by atoms with van der Waals surface area (Å²) in [6.45, 7) is 3.75. The molecule has 134 valence electrons. The number of amides is 1. The van der Waals surface area contributed by atoms with Gasteiger partial charge in [-0.3, -0.25) is 9.10 Å². The quantitative estimate of drug-likeness (QED) is 0.824. The van der Waals surface area contributed by atoms with Crippen molar-refractivity contribution in [2.45, 2.75) is 26.7 Å². The van der Waals surface area contributed by atoms with E-state index in [2.05, 4.69) is 12.2 Å². The minimum Gasteiger partial charge on any atom is -0.325 e. The van der Waals surface area contributed by atoms with Gasteiger partial charge in [-0.05, 0) is 42.2 Å². The lowest BCUT2D eigenvalue weighted by Gasteiger charge is -2.24. The summed E-state index contributed by atoms with van der Waals surface area (Å²) < 4.78 is 25.6. The van der Waals surface area contributed by atoms with Crippen LogP contribution in [0.5, 0.6) is 0 Å². The molecule has 2 aromatic carbocycles. The zero-order chi connectivity index (χ0) is 18.4. The highest BCUT2D eigenvalue weighted by atomic mass is 32.2. The second-order valence-electron chi connectivity index (χ2n) is 5.85. The summed E-state index contributed by atoms with van der Waals surface area (Å²) in [5.74, 6) is -0.374. The summed E-state index contributed by atoms with van der Waals surface area (Å²) in [7, 11) is -3.58. The maximum Gasteiger partial charge on any atom is 0.245 e. The number of anilines is 2. The van der Waals surface area contributed by atoms with E-state index in [1.165, 1.54) is 5.56 Å². The Morgan fingerprint density at radius 2 is 1.64 bits per heavy atom. The van der Waals surface area contributed by atoms with Gasteiger partial charge in [-0.1, -0.05) is 44.2 Å². The maximum absolute atomic E-state index is 12.4. The van der Waals surface area contributed by atoms with Crippen LogP contribution in [0.15, 0.2) is 48.5 Å². The number of hydrogen-bond donors (Lipinski definition) is 1. The van der Waals surface area contributed by atoms with Gasteiger partial charge in [0, 0.05) is 5.69 Å². The van der Waals surface area contributed by atoms with Crippen LogP contribution in [-0.4, -0.2) is 27.1 Å². The summed E-state index contributed by atoms with van der Waals surface area (Å²) in [6.07, 6.45) is 2.72. The van der Waals surface area contributed by atoms with Crippen LogP contribution in [0, 0.1) is 0 Å². The highest BCUT2D eigenvalue weighted by Gasteiger charge is 2.22. The molecule has 0 unspecified atom stereocenters. The Morgan fingerprint density at radius 3 is 2.20 bits per heavy atom.